The number of aromatic nitrogens is 2. The van der Waals surface area contributed by atoms with Crippen molar-refractivity contribution in [1.29, 1.82) is 0 Å². The van der Waals surface area contributed by atoms with Gasteiger partial charge in [-0.05, 0) is 33.0 Å². The third-order valence-corrected chi connectivity index (χ3v) is 3.06. The Morgan fingerprint density at radius 2 is 2.39 bits per heavy atom. The molecule has 0 unspecified atom stereocenters. The van der Waals surface area contributed by atoms with E-state index in [-0.39, 0.29) is 17.9 Å². The van der Waals surface area contributed by atoms with E-state index in [0.29, 0.717) is 6.54 Å². The maximum Gasteiger partial charge on any atom is 0.237 e. The Kier molecular flexibility index (Phi) is 3.76. The van der Waals surface area contributed by atoms with E-state index >= 15 is 0 Å². The molecule has 2 heterocycles. The lowest BCUT2D eigenvalue weighted by atomic mass is 10.1. The second-order valence-corrected chi connectivity index (χ2v) is 4.82. The maximum absolute atomic E-state index is 12.1. The van der Waals surface area contributed by atoms with Crippen LogP contribution in [0.4, 0.5) is 5.95 Å². The lowest BCUT2D eigenvalue weighted by Gasteiger charge is -2.25. The number of carbonyl (C=O) groups excluding carboxylic acids is 1. The largest absolute Gasteiger partial charge is 0.368 e. The summed E-state index contributed by atoms with van der Waals surface area (Å²) in [7, 11) is 3.79. The highest BCUT2D eigenvalue weighted by atomic mass is 16.2. The van der Waals surface area contributed by atoms with E-state index in [4.69, 9.17) is 5.73 Å². The predicted molar refractivity (Wildman–Crippen MR) is 68.7 cm³/mol. The van der Waals surface area contributed by atoms with Crippen molar-refractivity contribution in [3.63, 3.8) is 0 Å². The first-order valence-corrected chi connectivity index (χ1v) is 6.10. The van der Waals surface area contributed by atoms with Gasteiger partial charge in [-0.2, -0.15) is 0 Å². The fourth-order valence-electron chi connectivity index (χ4n) is 2.31. The van der Waals surface area contributed by atoms with E-state index in [1.54, 1.807) is 6.20 Å². The Morgan fingerprint density at radius 1 is 1.61 bits per heavy atom. The summed E-state index contributed by atoms with van der Waals surface area (Å²) in [6, 6.07) is 1.88. The van der Waals surface area contributed by atoms with E-state index in [1.165, 1.54) is 0 Å². The summed E-state index contributed by atoms with van der Waals surface area (Å²) in [6.07, 6.45) is 3.59. The van der Waals surface area contributed by atoms with Gasteiger partial charge in [0.05, 0.1) is 18.3 Å². The molecular weight excluding hydrogens is 230 g/mol. The van der Waals surface area contributed by atoms with Gasteiger partial charge >= 0.3 is 0 Å². The molecule has 1 aliphatic heterocycles. The summed E-state index contributed by atoms with van der Waals surface area (Å²) in [5.41, 5.74) is 6.43. The van der Waals surface area contributed by atoms with Crippen LogP contribution in [0.15, 0.2) is 12.3 Å². The van der Waals surface area contributed by atoms with Crippen LogP contribution in [0.25, 0.3) is 0 Å². The number of amides is 1. The van der Waals surface area contributed by atoms with Crippen molar-refractivity contribution in [2.45, 2.75) is 18.9 Å². The van der Waals surface area contributed by atoms with E-state index in [0.717, 1.165) is 25.1 Å². The van der Waals surface area contributed by atoms with Gasteiger partial charge in [0.25, 0.3) is 0 Å². The molecule has 1 atom stereocenters. The number of hydrogen-bond acceptors (Lipinski definition) is 5. The molecule has 1 saturated heterocycles. The summed E-state index contributed by atoms with van der Waals surface area (Å²) >= 11 is 0. The first-order chi connectivity index (χ1) is 8.58. The first kappa shape index (κ1) is 12.8. The van der Waals surface area contributed by atoms with Gasteiger partial charge < -0.3 is 15.5 Å². The second-order valence-electron chi connectivity index (χ2n) is 4.82. The number of anilines is 1. The Bertz CT molecular complexity index is 434. The highest BCUT2D eigenvalue weighted by molar-refractivity contribution is 5.79. The van der Waals surface area contributed by atoms with Crippen LogP contribution >= 0.6 is 0 Å². The number of likely N-dealkylation sites (tertiary alicyclic amines) is 1. The smallest absolute Gasteiger partial charge is 0.237 e. The van der Waals surface area contributed by atoms with Crippen molar-refractivity contribution in [1.82, 2.24) is 19.8 Å². The first-order valence-electron chi connectivity index (χ1n) is 6.10. The van der Waals surface area contributed by atoms with Gasteiger partial charge in [-0.3, -0.25) is 4.79 Å². The molecule has 1 aromatic heterocycles. The number of carbonyl (C=O) groups is 1. The van der Waals surface area contributed by atoms with Gasteiger partial charge in [0.2, 0.25) is 11.9 Å². The zero-order valence-corrected chi connectivity index (χ0v) is 10.8. The number of rotatable bonds is 3. The molecule has 0 aliphatic carbocycles. The number of hydrogen-bond donors (Lipinski definition) is 1. The van der Waals surface area contributed by atoms with Crippen LogP contribution in [0.5, 0.6) is 0 Å². The van der Waals surface area contributed by atoms with Gasteiger partial charge in [-0.25, -0.2) is 9.97 Å². The quantitative estimate of drug-likeness (QED) is 0.833. The highest BCUT2D eigenvalue weighted by Crippen LogP contribution is 2.30. The van der Waals surface area contributed by atoms with Gasteiger partial charge in [-0.1, -0.05) is 0 Å². The third-order valence-electron chi connectivity index (χ3n) is 3.06. The van der Waals surface area contributed by atoms with Crippen LogP contribution in [0.1, 0.15) is 24.6 Å². The Balaban J connectivity index is 2.14. The van der Waals surface area contributed by atoms with Gasteiger partial charge in [0, 0.05) is 12.7 Å². The molecule has 0 saturated carbocycles. The molecule has 0 radical (unpaired) electrons. The van der Waals surface area contributed by atoms with Crippen molar-refractivity contribution in [3.05, 3.63) is 18.0 Å². The average molecular weight is 249 g/mol. The van der Waals surface area contributed by atoms with Gasteiger partial charge in [0.15, 0.2) is 0 Å². The highest BCUT2D eigenvalue weighted by Gasteiger charge is 2.30. The Hall–Kier alpha value is -1.69. The maximum atomic E-state index is 12.1. The zero-order chi connectivity index (χ0) is 13.1. The summed E-state index contributed by atoms with van der Waals surface area (Å²) in [5, 5.41) is 0. The van der Waals surface area contributed by atoms with Crippen molar-refractivity contribution in [2.24, 2.45) is 0 Å². The summed E-state index contributed by atoms with van der Waals surface area (Å²) in [4.78, 5) is 24.0. The van der Waals surface area contributed by atoms with Crippen LogP contribution in [0.3, 0.4) is 0 Å². The molecule has 6 heteroatoms. The monoisotopic (exact) mass is 249 g/mol. The molecule has 1 amide bonds. The SMILES string of the molecule is CN(C)CC(=O)N1CCC[C@@H]1c1ccnc(N)n1. The number of nitrogens with two attached hydrogens (primary N) is 1. The lowest BCUT2D eigenvalue weighted by molar-refractivity contribution is -0.132. The van der Waals surface area contributed by atoms with E-state index < -0.39 is 0 Å². The van der Waals surface area contributed by atoms with Crippen LogP contribution < -0.4 is 5.73 Å². The van der Waals surface area contributed by atoms with Crippen molar-refractivity contribution < 1.29 is 4.79 Å². The second kappa shape index (κ2) is 5.30. The number of likely N-dealkylation sites (N-methyl/N-ethyl adjacent to an activating group) is 1. The van der Waals surface area contributed by atoms with Crippen LogP contribution in [-0.4, -0.2) is 52.9 Å². The number of nitrogens with zero attached hydrogens (tertiary/aromatic N) is 4. The van der Waals surface area contributed by atoms with Crippen LogP contribution in [0.2, 0.25) is 0 Å². The minimum atomic E-state index is 0.0442. The van der Waals surface area contributed by atoms with Crippen molar-refractivity contribution in [2.75, 3.05) is 32.9 Å². The molecule has 2 rings (SSSR count). The van der Waals surface area contributed by atoms with Crippen molar-refractivity contribution in [3.8, 4) is 0 Å². The number of nitrogen functional groups attached to an aromatic ring is 1. The van der Waals surface area contributed by atoms with E-state index in [2.05, 4.69) is 9.97 Å². The minimum absolute atomic E-state index is 0.0442. The van der Waals surface area contributed by atoms with Gasteiger partial charge in [-0.15, -0.1) is 0 Å². The zero-order valence-electron chi connectivity index (χ0n) is 10.8. The van der Waals surface area contributed by atoms with E-state index in [1.807, 2.05) is 30.0 Å². The molecule has 0 spiro atoms. The molecule has 0 bridgehead atoms. The average Bonchev–Trinajstić information content (AvgIpc) is 2.76. The molecular formula is C12H19N5O. The summed E-state index contributed by atoms with van der Waals surface area (Å²) < 4.78 is 0. The minimum Gasteiger partial charge on any atom is -0.368 e. The van der Waals surface area contributed by atoms with Gasteiger partial charge in [0.1, 0.15) is 0 Å². The standard InChI is InChI=1S/C12H19N5O/c1-16(2)8-11(18)17-7-3-4-10(17)9-5-6-14-12(13)15-9/h5-6,10H,3-4,7-8H2,1-2H3,(H2,13,14,15)/t10-/m1/s1. The Morgan fingerprint density at radius 3 is 3.06 bits per heavy atom. The molecule has 1 aliphatic rings. The van der Waals surface area contributed by atoms with E-state index in [9.17, 15) is 4.79 Å². The van der Waals surface area contributed by atoms with Crippen LogP contribution in [0, 0.1) is 0 Å². The lowest BCUT2D eigenvalue weighted by Crippen LogP contribution is -2.37. The molecule has 6 nitrogen and oxygen atoms in total. The fraction of sp³-hybridized carbons (Fsp3) is 0.583. The molecule has 1 fully saturated rings. The molecule has 1 aromatic rings. The van der Waals surface area contributed by atoms with Crippen molar-refractivity contribution >= 4 is 11.9 Å². The molecule has 0 aromatic carbocycles. The summed E-state index contributed by atoms with van der Waals surface area (Å²) in [5.74, 6) is 0.402. The molecule has 98 valence electrons. The molecule has 18 heavy (non-hydrogen) atoms. The summed E-state index contributed by atoms with van der Waals surface area (Å²) in [6.45, 7) is 1.22. The predicted octanol–water partition coefficient (Wildman–Crippen LogP) is 0.284. The normalized spacial score (nSPS) is 19.5. The topological polar surface area (TPSA) is 75.4 Å². The van der Waals surface area contributed by atoms with Crippen LogP contribution in [-0.2, 0) is 4.79 Å². The Labute approximate surface area is 107 Å². The molecule has 2 N–H and O–H groups in total. The fourth-order valence-corrected chi connectivity index (χ4v) is 2.31. The third kappa shape index (κ3) is 2.76.